The molecule has 5 nitrogen and oxygen atoms in total. The van der Waals surface area contributed by atoms with Crippen molar-refractivity contribution >= 4 is 23.2 Å². The summed E-state index contributed by atoms with van der Waals surface area (Å²) in [7, 11) is 0. The van der Waals surface area contributed by atoms with Gasteiger partial charge in [-0.25, -0.2) is 4.39 Å². The predicted molar refractivity (Wildman–Crippen MR) is 109 cm³/mol. The first-order valence-electron chi connectivity index (χ1n) is 10.3. The number of piperazine rings is 1. The van der Waals surface area contributed by atoms with Crippen LogP contribution in [0.2, 0.25) is 0 Å². The molecule has 3 aliphatic rings. The highest BCUT2D eigenvalue weighted by atomic mass is 19.1. The molecule has 1 saturated heterocycles. The number of carbonyl (C=O) groups excluding carboxylic acids is 2. The Balaban J connectivity index is 1.26. The van der Waals surface area contributed by atoms with Crippen LogP contribution in [0.1, 0.15) is 18.4 Å². The van der Waals surface area contributed by atoms with Crippen LogP contribution in [0.15, 0.2) is 48.5 Å². The standard InChI is InChI=1S/C23H24FN3O2/c24-18-5-7-19(8-6-18)25-13-15-26(16-14-25)21(28)23(10-11-23)22(29)27-12-9-17-3-1-2-4-20(17)27/h1-8H,9-16H2. The van der Waals surface area contributed by atoms with Crippen molar-refractivity contribution in [2.45, 2.75) is 19.3 Å². The number of hydrogen-bond acceptors (Lipinski definition) is 3. The molecule has 150 valence electrons. The Labute approximate surface area is 169 Å². The van der Waals surface area contributed by atoms with E-state index in [9.17, 15) is 14.0 Å². The predicted octanol–water partition coefficient (Wildman–Crippen LogP) is 2.84. The zero-order valence-electron chi connectivity index (χ0n) is 16.3. The summed E-state index contributed by atoms with van der Waals surface area (Å²) >= 11 is 0. The molecule has 5 rings (SSSR count). The van der Waals surface area contributed by atoms with Gasteiger partial charge in [0.05, 0.1) is 0 Å². The van der Waals surface area contributed by atoms with Crippen molar-refractivity contribution in [1.82, 2.24) is 4.90 Å². The molecule has 2 aromatic carbocycles. The Morgan fingerprint density at radius 3 is 2.21 bits per heavy atom. The van der Waals surface area contributed by atoms with Crippen LogP contribution in [0.5, 0.6) is 0 Å². The Bertz CT molecular complexity index is 947. The molecule has 0 bridgehead atoms. The zero-order chi connectivity index (χ0) is 20.0. The molecule has 2 fully saturated rings. The summed E-state index contributed by atoms with van der Waals surface area (Å²) < 4.78 is 13.1. The summed E-state index contributed by atoms with van der Waals surface area (Å²) in [4.78, 5) is 32.4. The maximum absolute atomic E-state index is 13.3. The second-order valence-electron chi connectivity index (χ2n) is 8.17. The number of halogens is 1. The van der Waals surface area contributed by atoms with Gasteiger partial charge in [-0.05, 0) is 55.2 Å². The van der Waals surface area contributed by atoms with E-state index in [-0.39, 0.29) is 17.6 Å². The molecule has 0 atom stereocenters. The van der Waals surface area contributed by atoms with Gasteiger partial charge in [0.25, 0.3) is 0 Å². The van der Waals surface area contributed by atoms with Crippen LogP contribution in [0.25, 0.3) is 0 Å². The first kappa shape index (κ1) is 18.2. The third-order valence-electron chi connectivity index (χ3n) is 6.46. The maximum Gasteiger partial charge on any atom is 0.242 e. The van der Waals surface area contributed by atoms with Crippen molar-refractivity contribution in [2.75, 3.05) is 42.5 Å². The Morgan fingerprint density at radius 2 is 1.52 bits per heavy atom. The van der Waals surface area contributed by atoms with E-state index >= 15 is 0 Å². The van der Waals surface area contributed by atoms with E-state index in [1.54, 1.807) is 12.1 Å². The second-order valence-corrected chi connectivity index (χ2v) is 8.17. The van der Waals surface area contributed by atoms with Gasteiger partial charge in [0.15, 0.2) is 0 Å². The molecule has 0 radical (unpaired) electrons. The number of amides is 2. The zero-order valence-corrected chi connectivity index (χ0v) is 16.3. The summed E-state index contributed by atoms with van der Waals surface area (Å²) in [6, 6.07) is 14.4. The number of hydrogen-bond donors (Lipinski definition) is 0. The summed E-state index contributed by atoms with van der Waals surface area (Å²) in [5.74, 6) is -0.306. The number of anilines is 2. The van der Waals surface area contributed by atoms with Gasteiger partial charge in [0.2, 0.25) is 11.8 Å². The maximum atomic E-state index is 13.3. The van der Waals surface area contributed by atoms with Gasteiger partial charge < -0.3 is 14.7 Å². The molecule has 2 amide bonds. The van der Waals surface area contributed by atoms with E-state index in [4.69, 9.17) is 0 Å². The van der Waals surface area contributed by atoms with Crippen LogP contribution in [0.4, 0.5) is 15.8 Å². The molecular formula is C23H24FN3O2. The third kappa shape index (κ3) is 3.07. The number of carbonyl (C=O) groups is 2. The van der Waals surface area contributed by atoms with Crippen molar-refractivity contribution in [2.24, 2.45) is 5.41 Å². The molecule has 2 aliphatic heterocycles. The van der Waals surface area contributed by atoms with Gasteiger partial charge in [-0.3, -0.25) is 9.59 Å². The fraction of sp³-hybridized carbons (Fsp3) is 0.391. The second kappa shape index (κ2) is 6.87. The SMILES string of the molecule is O=C(N1CCN(c2ccc(F)cc2)CC1)C1(C(=O)N2CCc3ccccc32)CC1. The number of benzene rings is 2. The summed E-state index contributed by atoms with van der Waals surface area (Å²) in [6.45, 7) is 3.21. The molecule has 0 N–H and O–H groups in total. The molecule has 6 heteroatoms. The summed E-state index contributed by atoms with van der Waals surface area (Å²) in [5.41, 5.74) is 2.23. The van der Waals surface area contributed by atoms with Gasteiger partial charge in [-0.15, -0.1) is 0 Å². The average molecular weight is 393 g/mol. The normalized spacial score (nSPS) is 19.8. The van der Waals surface area contributed by atoms with Gasteiger partial charge in [-0.2, -0.15) is 0 Å². The van der Waals surface area contributed by atoms with Gasteiger partial charge in [-0.1, -0.05) is 18.2 Å². The quantitative estimate of drug-likeness (QED) is 0.754. The van der Waals surface area contributed by atoms with Crippen molar-refractivity contribution < 1.29 is 14.0 Å². The monoisotopic (exact) mass is 393 g/mol. The van der Waals surface area contributed by atoms with Crippen LogP contribution in [-0.4, -0.2) is 49.4 Å². The van der Waals surface area contributed by atoms with Gasteiger partial charge >= 0.3 is 0 Å². The largest absolute Gasteiger partial charge is 0.368 e. The lowest BCUT2D eigenvalue weighted by Crippen LogP contribution is -2.53. The lowest BCUT2D eigenvalue weighted by atomic mass is 10.0. The van der Waals surface area contributed by atoms with E-state index in [1.807, 2.05) is 28.0 Å². The fourth-order valence-electron chi connectivity index (χ4n) is 4.57. The lowest BCUT2D eigenvalue weighted by molar-refractivity contribution is -0.143. The Kier molecular flexibility index (Phi) is 4.30. The van der Waals surface area contributed by atoms with Crippen LogP contribution in [-0.2, 0) is 16.0 Å². The Hall–Kier alpha value is -2.89. The van der Waals surface area contributed by atoms with Crippen LogP contribution < -0.4 is 9.80 Å². The van der Waals surface area contributed by atoms with Gasteiger partial charge in [0, 0.05) is 44.1 Å². The van der Waals surface area contributed by atoms with Crippen molar-refractivity contribution in [3.63, 3.8) is 0 Å². The van der Waals surface area contributed by atoms with Crippen molar-refractivity contribution in [1.29, 1.82) is 0 Å². The lowest BCUT2D eigenvalue weighted by Gasteiger charge is -2.38. The van der Waals surface area contributed by atoms with Crippen molar-refractivity contribution in [3.8, 4) is 0 Å². The summed E-state index contributed by atoms with van der Waals surface area (Å²) in [5, 5.41) is 0. The highest BCUT2D eigenvalue weighted by Crippen LogP contribution is 2.50. The number of rotatable bonds is 3. The molecule has 0 aromatic heterocycles. The van der Waals surface area contributed by atoms with E-state index in [2.05, 4.69) is 11.0 Å². The molecular weight excluding hydrogens is 369 g/mol. The van der Waals surface area contributed by atoms with Crippen LogP contribution in [0, 0.1) is 11.2 Å². The number of nitrogens with zero attached hydrogens (tertiary/aromatic N) is 3. The van der Waals surface area contributed by atoms with E-state index in [1.165, 1.54) is 17.7 Å². The van der Waals surface area contributed by atoms with E-state index in [0.29, 0.717) is 45.6 Å². The van der Waals surface area contributed by atoms with Crippen LogP contribution in [0.3, 0.4) is 0 Å². The van der Waals surface area contributed by atoms with E-state index < -0.39 is 5.41 Å². The van der Waals surface area contributed by atoms with E-state index in [0.717, 1.165) is 17.8 Å². The topological polar surface area (TPSA) is 43.9 Å². The number of para-hydroxylation sites is 1. The minimum atomic E-state index is -0.866. The highest BCUT2D eigenvalue weighted by Gasteiger charge is 2.60. The third-order valence-corrected chi connectivity index (χ3v) is 6.46. The van der Waals surface area contributed by atoms with Crippen molar-refractivity contribution in [3.05, 3.63) is 59.9 Å². The highest BCUT2D eigenvalue weighted by molar-refractivity contribution is 6.14. The summed E-state index contributed by atoms with van der Waals surface area (Å²) in [6.07, 6.45) is 2.13. The minimum absolute atomic E-state index is 0.0226. The number of fused-ring (bicyclic) bond motifs is 1. The minimum Gasteiger partial charge on any atom is -0.368 e. The molecule has 1 aliphatic carbocycles. The molecule has 1 saturated carbocycles. The fourth-order valence-corrected chi connectivity index (χ4v) is 4.57. The molecule has 2 heterocycles. The first-order chi connectivity index (χ1) is 14.1. The van der Waals surface area contributed by atoms with Gasteiger partial charge in [0.1, 0.15) is 11.2 Å². The first-order valence-corrected chi connectivity index (χ1v) is 10.3. The smallest absolute Gasteiger partial charge is 0.242 e. The molecule has 0 unspecified atom stereocenters. The molecule has 29 heavy (non-hydrogen) atoms. The average Bonchev–Trinajstić information content (AvgIpc) is 3.46. The molecule has 0 spiro atoms. The molecule has 2 aromatic rings. The van der Waals surface area contributed by atoms with Crippen LogP contribution >= 0.6 is 0 Å². The Morgan fingerprint density at radius 1 is 0.828 bits per heavy atom.